The largest absolute Gasteiger partial charge is 0.460 e. The van der Waals surface area contributed by atoms with Gasteiger partial charge in [-0.2, -0.15) is 0 Å². The van der Waals surface area contributed by atoms with E-state index in [1.807, 2.05) is 68.4 Å². The van der Waals surface area contributed by atoms with E-state index in [0.717, 1.165) is 17.6 Å². The summed E-state index contributed by atoms with van der Waals surface area (Å²) in [6.07, 6.45) is 3.20. The summed E-state index contributed by atoms with van der Waals surface area (Å²) in [6.45, 7) is 5.89. The van der Waals surface area contributed by atoms with E-state index in [1.54, 1.807) is 13.0 Å². The van der Waals surface area contributed by atoms with E-state index in [0.29, 0.717) is 17.7 Å². The van der Waals surface area contributed by atoms with Crippen LogP contribution in [0.15, 0.2) is 66.2 Å². The maximum atomic E-state index is 12.7. The van der Waals surface area contributed by atoms with Crippen molar-refractivity contribution in [2.75, 3.05) is 0 Å². The van der Waals surface area contributed by atoms with Crippen LogP contribution in [0.25, 0.3) is 0 Å². The number of rotatable bonds is 7. The number of hydrogen-bond acceptors (Lipinski definition) is 4. The number of carbonyl (C=O) groups is 2. The van der Waals surface area contributed by atoms with Gasteiger partial charge in [0.2, 0.25) is 0 Å². The second-order valence-electron chi connectivity index (χ2n) is 7.68. The monoisotopic (exact) mass is 364 g/mol. The fourth-order valence-corrected chi connectivity index (χ4v) is 3.33. The van der Waals surface area contributed by atoms with Crippen LogP contribution < -0.4 is 4.74 Å². The van der Waals surface area contributed by atoms with Gasteiger partial charge in [-0.1, -0.05) is 50.3 Å². The third kappa shape index (κ3) is 4.11. The summed E-state index contributed by atoms with van der Waals surface area (Å²) in [4.78, 5) is 23.7. The number of benzene rings is 2. The Morgan fingerprint density at radius 3 is 2.37 bits per heavy atom. The van der Waals surface area contributed by atoms with Gasteiger partial charge in [0, 0.05) is 0 Å². The van der Waals surface area contributed by atoms with Gasteiger partial charge in [-0.05, 0) is 54.2 Å². The van der Waals surface area contributed by atoms with Crippen molar-refractivity contribution in [1.29, 1.82) is 0 Å². The van der Waals surface area contributed by atoms with Crippen LogP contribution in [0.2, 0.25) is 0 Å². The minimum Gasteiger partial charge on any atom is -0.460 e. The molecule has 3 rings (SSSR count). The first kappa shape index (κ1) is 18.9. The Hall–Kier alpha value is -2.88. The Morgan fingerprint density at radius 2 is 1.74 bits per heavy atom. The first-order valence-corrected chi connectivity index (χ1v) is 9.00. The molecule has 0 saturated heterocycles. The molecule has 0 N–H and O–H groups in total. The van der Waals surface area contributed by atoms with Crippen LogP contribution in [-0.4, -0.2) is 12.3 Å². The molecule has 1 aliphatic carbocycles. The minimum atomic E-state index is -0.712. The minimum absolute atomic E-state index is 0.163. The molecule has 1 fully saturated rings. The molecule has 4 heteroatoms. The number of para-hydroxylation sites is 1. The summed E-state index contributed by atoms with van der Waals surface area (Å²) in [5, 5.41) is 0. The average molecular weight is 364 g/mol. The molecule has 0 amide bonds. The number of allylic oxidation sites excluding steroid dienone is 1. The fraction of sp³-hybridized carbons (Fsp3) is 0.304. The van der Waals surface area contributed by atoms with Gasteiger partial charge in [-0.15, -0.1) is 0 Å². The lowest BCUT2D eigenvalue weighted by molar-refractivity contribution is -0.150. The van der Waals surface area contributed by atoms with Gasteiger partial charge in [0.15, 0.2) is 0 Å². The Bertz CT molecular complexity index is 867. The van der Waals surface area contributed by atoms with Crippen molar-refractivity contribution < 1.29 is 19.1 Å². The van der Waals surface area contributed by atoms with E-state index in [4.69, 9.17) is 9.47 Å². The summed E-state index contributed by atoms with van der Waals surface area (Å²) >= 11 is 0. The van der Waals surface area contributed by atoms with Crippen molar-refractivity contribution >= 4 is 12.3 Å². The highest BCUT2D eigenvalue weighted by atomic mass is 16.5. The Balaban J connectivity index is 1.67. The fourth-order valence-electron chi connectivity index (χ4n) is 3.33. The Morgan fingerprint density at radius 1 is 1.07 bits per heavy atom. The van der Waals surface area contributed by atoms with E-state index in [2.05, 4.69) is 0 Å². The van der Waals surface area contributed by atoms with Gasteiger partial charge in [-0.25, -0.2) is 0 Å². The zero-order valence-corrected chi connectivity index (χ0v) is 15.9. The second-order valence-corrected chi connectivity index (χ2v) is 7.68. The van der Waals surface area contributed by atoms with Crippen molar-refractivity contribution in [3.8, 4) is 11.5 Å². The molecule has 1 aliphatic rings. The van der Waals surface area contributed by atoms with E-state index < -0.39 is 5.41 Å². The number of ether oxygens (including phenoxy) is 2. The smallest absolute Gasteiger partial charge is 0.316 e. The summed E-state index contributed by atoms with van der Waals surface area (Å²) in [7, 11) is 0. The van der Waals surface area contributed by atoms with Crippen LogP contribution in [-0.2, 0) is 20.9 Å². The molecule has 2 aromatic carbocycles. The SMILES string of the molecule is CC(C=O)=CC1(C(=O)OCc2cccc(Oc3ccccc3)c2)CC1(C)C. The summed E-state index contributed by atoms with van der Waals surface area (Å²) in [5.41, 5.74) is 0.486. The van der Waals surface area contributed by atoms with E-state index in [9.17, 15) is 9.59 Å². The zero-order valence-electron chi connectivity index (χ0n) is 15.9. The van der Waals surface area contributed by atoms with E-state index in [-0.39, 0.29) is 18.0 Å². The van der Waals surface area contributed by atoms with Crippen LogP contribution in [0.3, 0.4) is 0 Å². The quantitative estimate of drug-likeness (QED) is 0.390. The normalized spacial score (nSPS) is 20.6. The van der Waals surface area contributed by atoms with Gasteiger partial charge in [0.25, 0.3) is 0 Å². The number of carbonyl (C=O) groups excluding carboxylic acids is 2. The van der Waals surface area contributed by atoms with Crippen LogP contribution in [0.1, 0.15) is 32.8 Å². The van der Waals surface area contributed by atoms with Crippen molar-refractivity contribution in [3.63, 3.8) is 0 Å². The predicted octanol–water partition coefficient (Wildman–Crippen LogP) is 5.08. The molecule has 1 atom stereocenters. The molecule has 0 bridgehead atoms. The van der Waals surface area contributed by atoms with E-state index in [1.165, 1.54) is 0 Å². The lowest BCUT2D eigenvalue weighted by atomic mass is 9.93. The van der Waals surface area contributed by atoms with Gasteiger partial charge >= 0.3 is 5.97 Å². The first-order valence-electron chi connectivity index (χ1n) is 9.00. The summed E-state index contributed by atoms with van der Waals surface area (Å²) in [5.74, 6) is 1.15. The molecule has 27 heavy (non-hydrogen) atoms. The van der Waals surface area contributed by atoms with Crippen molar-refractivity contribution in [2.45, 2.75) is 33.8 Å². The molecule has 0 radical (unpaired) electrons. The Labute approximate surface area is 159 Å². The summed E-state index contributed by atoms with van der Waals surface area (Å²) < 4.78 is 11.4. The highest BCUT2D eigenvalue weighted by molar-refractivity contribution is 5.86. The molecule has 1 saturated carbocycles. The maximum Gasteiger partial charge on any atom is 0.316 e. The highest BCUT2D eigenvalue weighted by Gasteiger charge is 2.66. The standard InChI is InChI=1S/C23H24O4/c1-17(14-24)13-23(16-22(23,2)3)21(25)26-15-18-8-7-11-20(12-18)27-19-9-5-4-6-10-19/h4-14H,15-16H2,1-3H3. The van der Waals surface area contributed by atoms with Gasteiger partial charge in [0.1, 0.15) is 24.4 Å². The highest BCUT2D eigenvalue weighted by Crippen LogP contribution is 2.65. The molecule has 0 heterocycles. The van der Waals surface area contributed by atoms with Gasteiger partial charge in [-0.3, -0.25) is 9.59 Å². The lowest BCUT2D eigenvalue weighted by Crippen LogP contribution is -2.22. The predicted molar refractivity (Wildman–Crippen MR) is 103 cm³/mol. The van der Waals surface area contributed by atoms with Crippen LogP contribution in [0.5, 0.6) is 11.5 Å². The second kappa shape index (κ2) is 7.39. The third-order valence-electron chi connectivity index (χ3n) is 5.07. The number of aldehydes is 1. The number of esters is 1. The van der Waals surface area contributed by atoms with Crippen LogP contribution in [0, 0.1) is 10.8 Å². The Kier molecular flexibility index (Phi) is 5.17. The molecular weight excluding hydrogens is 340 g/mol. The molecule has 0 aliphatic heterocycles. The van der Waals surface area contributed by atoms with Gasteiger partial charge in [0.05, 0.1) is 5.41 Å². The molecule has 0 aromatic heterocycles. The topological polar surface area (TPSA) is 52.6 Å². The lowest BCUT2D eigenvalue weighted by Gasteiger charge is -2.16. The first-order chi connectivity index (χ1) is 12.9. The number of hydrogen-bond donors (Lipinski definition) is 0. The van der Waals surface area contributed by atoms with Crippen LogP contribution >= 0.6 is 0 Å². The van der Waals surface area contributed by atoms with E-state index >= 15 is 0 Å². The van der Waals surface area contributed by atoms with Crippen molar-refractivity contribution in [1.82, 2.24) is 0 Å². The zero-order chi connectivity index (χ0) is 19.5. The summed E-state index contributed by atoms with van der Waals surface area (Å²) in [6, 6.07) is 17.0. The van der Waals surface area contributed by atoms with Gasteiger partial charge < -0.3 is 9.47 Å². The average Bonchev–Trinajstić information content (AvgIpc) is 3.22. The molecule has 1 unspecified atom stereocenters. The van der Waals surface area contributed by atoms with Crippen LogP contribution in [0.4, 0.5) is 0 Å². The van der Waals surface area contributed by atoms with Crippen molar-refractivity contribution in [2.24, 2.45) is 10.8 Å². The molecular formula is C23H24O4. The molecule has 0 spiro atoms. The molecule has 4 nitrogen and oxygen atoms in total. The molecule has 2 aromatic rings. The maximum absolute atomic E-state index is 12.7. The molecule has 140 valence electrons. The third-order valence-corrected chi connectivity index (χ3v) is 5.07. The van der Waals surface area contributed by atoms with Crippen molar-refractivity contribution in [3.05, 3.63) is 71.8 Å².